The van der Waals surface area contributed by atoms with Crippen LogP contribution in [0.5, 0.6) is 0 Å². The number of hydrogen-bond acceptors (Lipinski definition) is 1. The van der Waals surface area contributed by atoms with Crippen LogP contribution in [0.15, 0.2) is 29.2 Å². The summed E-state index contributed by atoms with van der Waals surface area (Å²) in [6, 6.07) is 7.21. The van der Waals surface area contributed by atoms with E-state index in [0.717, 1.165) is 10.6 Å². The van der Waals surface area contributed by atoms with E-state index in [9.17, 15) is 0 Å². The summed E-state index contributed by atoms with van der Waals surface area (Å²) in [6.45, 7) is 0. The highest BCUT2D eigenvalue weighted by atomic mass is 32.1. The molecule has 0 bridgehead atoms. The SMILES string of the molecule is Nc1ccc([S])cc1. The molecule has 0 aliphatic carbocycles. The maximum absolute atomic E-state index is 5.38. The third kappa shape index (κ3) is 1.10. The minimum Gasteiger partial charge on any atom is -0.399 e. The Hall–Kier alpha value is -0.760. The quantitative estimate of drug-likeness (QED) is 0.524. The van der Waals surface area contributed by atoms with Gasteiger partial charge in [0.1, 0.15) is 0 Å². The molecule has 1 nitrogen and oxygen atoms in total. The summed E-state index contributed by atoms with van der Waals surface area (Å²) < 4.78 is 0. The van der Waals surface area contributed by atoms with Gasteiger partial charge in [0.05, 0.1) is 0 Å². The Morgan fingerprint density at radius 3 is 2.00 bits per heavy atom. The van der Waals surface area contributed by atoms with E-state index in [1.165, 1.54) is 0 Å². The Kier molecular flexibility index (Phi) is 1.35. The number of nitrogen functional groups attached to an aromatic ring is 1. The molecule has 8 heavy (non-hydrogen) atoms. The van der Waals surface area contributed by atoms with E-state index in [-0.39, 0.29) is 0 Å². The lowest BCUT2D eigenvalue weighted by Gasteiger charge is -1.88. The molecule has 2 N–H and O–H groups in total. The lowest BCUT2D eigenvalue weighted by Crippen LogP contribution is -1.80. The number of benzene rings is 1. The second-order valence-corrected chi connectivity index (χ2v) is 2.04. The van der Waals surface area contributed by atoms with Gasteiger partial charge in [0.25, 0.3) is 0 Å². The molecule has 1 aromatic carbocycles. The highest BCUT2D eigenvalue weighted by molar-refractivity contribution is 7.80. The van der Waals surface area contributed by atoms with Crippen LogP contribution in [0.4, 0.5) is 5.69 Å². The van der Waals surface area contributed by atoms with E-state index in [4.69, 9.17) is 18.4 Å². The van der Waals surface area contributed by atoms with Crippen LogP contribution >= 0.6 is 12.6 Å². The number of nitrogens with two attached hydrogens (primary N) is 1. The van der Waals surface area contributed by atoms with Gasteiger partial charge in [-0.3, -0.25) is 0 Å². The third-order valence-electron chi connectivity index (χ3n) is 0.880. The monoisotopic (exact) mass is 124 g/mol. The first-order valence-electron chi connectivity index (χ1n) is 2.31. The van der Waals surface area contributed by atoms with Gasteiger partial charge in [-0.2, -0.15) is 0 Å². The van der Waals surface area contributed by atoms with Crippen molar-refractivity contribution >= 4 is 18.3 Å². The first-order chi connectivity index (χ1) is 3.79. The second-order valence-electron chi connectivity index (χ2n) is 1.57. The van der Waals surface area contributed by atoms with Crippen molar-refractivity contribution in [1.82, 2.24) is 0 Å². The molecule has 1 radical (unpaired) electrons. The zero-order valence-corrected chi connectivity index (χ0v) is 5.11. The first-order valence-corrected chi connectivity index (χ1v) is 2.72. The van der Waals surface area contributed by atoms with Gasteiger partial charge >= 0.3 is 0 Å². The minimum absolute atomic E-state index is 0.763. The van der Waals surface area contributed by atoms with Gasteiger partial charge in [0, 0.05) is 10.6 Å². The zero-order chi connectivity index (χ0) is 5.98. The van der Waals surface area contributed by atoms with E-state index in [1.807, 2.05) is 12.1 Å². The predicted octanol–water partition coefficient (Wildman–Crippen LogP) is 1.83. The van der Waals surface area contributed by atoms with Crippen LogP contribution in [0.25, 0.3) is 0 Å². The topological polar surface area (TPSA) is 26.0 Å². The molecule has 0 aliphatic heterocycles. The fourth-order valence-corrected chi connectivity index (χ4v) is 0.604. The summed E-state index contributed by atoms with van der Waals surface area (Å²) in [4.78, 5) is 0.833. The average molecular weight is 124 g/mol. The average Bonchev–Trinajstić information content (AvgIpc) is 1.77. The van der Waals surface area contributed by atoms with Crippen molar-refractivity contribution < 1.29 is 0 Å². The maximum Gasteiger partial charge on any atom is 0.0378 e. The Bertz CT molecular complexity index is 147. The summed E-state index contributed by atoms with van der Waals surface area (Å²) in [5, 5.41) is 0. The molecule has 0 aliphatic rings. The lowest BCUT2D eigenvalue weighted by molar-refractivity contribution is 1.48. The molecule has 0 aromatic heterocycles. The number of anilines is 1. The number of hydrogen-bond donors (Lipinski definition) is 1. The highest BCUT2D eigenvalue weighted by Crippen LogP contribution is 2.07. The van der Waals surface area contributed by atoms with Crippen molar-refractivity contribution in [2.75, 3.05) is 5.73 Å². The molecular formula is C6H6NS. The molecule has 41 valence electrons. The predicted molar refractivity (Wildman–Crippen MR) is 36.7 cm³/mol. The third-order valence-corrected chi connectivity index (χ3v) is 1.15. The molecule has 0 atom stereocenters. The van der Waals surface area contributed by atoms with Crippen molar-refractivity contribution in [3.8, 4) is 0 Å². The second kappa shape index (κ2) is 2.01. The molecule has 1 aromatic rings. The van der Waals surface area contributed by atoms with E-state index in [2.05, 4.69) is 0 Å². The molecule has 0 amide bonds. The lowest BCUT2D eigenvalue weighted by atomic mass is 10.3. The maximum atomic E-state index is 5.38. The van der Waals surface area contributed by atoms with E-state index in [0.29, 0.717) is 0 Å². The van der Waals surface area contributed by atoms with E-state index in [1.54, 1.807) is 12.1 Å². The Balaban J connectivity index is 3.03. The van der Waals surface area contributed by atoms with Gasteiger partial charge < -0.3 is 5.73 Å². The van der Waals surface area contributed by atoms with Gasteiger partial charge in [-0.05, 0) is 24.3 Å². The van der Waals surface area contributed by atoms with Gasteiger partial charge in [-0.15, -0.1) is 0 Å². The molecular weight excluding hydrogens is 118 g/mol. The van der Waals surface area contributed by atoms with Crippen molar-refractivity contribution in [2.24, 2.45) is 0 Å². The molecule has 0 fully saturated rings. The molecule has 2 heteroatoms. The number of rotatable bonds is 0. The van der Waals surface area contributed by atoms with Crippen molar-refractivity contribution in [3.63, 3.8) is 0 Å². The summed E-state index contributed by atoms with van der Waals surface area (Å²) in [5.74, 6) is 0. The largest absolute Gasteiger partial charge is 0.399 e. The molecule has 0 saturated carbocycles. The van der Waals surface area contributed by atoms with Crippen LogP contribution in [0.2, 0.25) is 0 Å². The summed E-state index contributed by atoms with van der Waals surface area (Å²) in [7, 11) is 0. The molecule has 0 saturated heterocycles. The highest BCUT2D eigenvalue weighted by Gasteiger charge is 1.82. The van der Waals surface area contributed by atoms with Crippen LogP contribution in [0.1, 0.15) is 0 Å². The van der Waals surface area contributed by atoms with Gasteiger partial charge in [-0.25, -0.2) is 0 Å². The molecule has 1 rings (SSSR count). The van der Waals surface area contributed by atoms with Crippen LogP contribution < -0.4 is 5.73 Å². The van der Waals surface area contributed by atoms with Crippen LogP contribution in [0.3, 0.4) is 0 Å². The Morgan fingerprint density at radius 2 is 1.62 bits per heavy atom. The van der Waals surface area contributed by atoms with Gasteiger partial charge in [-0.1, -0.05) is 12.6 Å². The first kappa shape index (κ1) is 5.38. The minimum atomic E-state index is 0.763. The van der Waals surface area contributed by atoms with E-state index >= 15 is 0 Å². The van der Waals surface area contributed by atoms with E-state index < -0.39 is 0 Å². The Labute approximate surface area is 53.9 Å². The van der Waals surface area contributed by atoms with Crippen molar-refractivity contribution in [2.45, 2.75) is 4.90 Å². The molecule has 0 unspecified atom stereocenters. The van der Waals surface area contributed by atoms with Gasteiger partial charge in [0.2, 0.25) is 0 Å². The Morgan fingerprint density at radius 1 is 1.12 bits per heavy atom. The zero-order valence-electron chi connectivity index (χ0n) is 4.29. The fraction of sp³-hybridized carbons (Fsp3) is 0. The summed E-state index contributed by atoms with van der Waals surface area (Å²) in [5.41, 5.74) is 6.14. The molecule has 0 heterocycles. The van der Waals surface area contributed by atoms with Crippen LogP contribution in [-0.2, 0) is 0 Å². The summed E-state index contributed by atoms with van der Waals surface area (Å²) in [6.07, 6.45) is 0. The fourth-order valence-electron chi connectivity index (χ4n) is 0.468. The summed E-state index contributed by atoms with van der Waals surface area (Å²) >= 11 is 4.82. The van der Waals surface area contributed by atoms with Crippen molar-refractivity contribution in [3.05, 3.63) is 24.3 Å². The van der Waals surface area contributed by atoms with Crippen LogP contribution in [0, 0.1) is 0 Å². The van der Waals surface area contributed by atoms with Gasteiger partial charge in [0.15, 0.2) is 0 Å². The smallest absolute Gasteiger partial charge is 0.0378 e. The van der Waals surface area contributed by atoms with Crippen LogP contribution in [-0.4, -0.2) is 0 Å². The molecule has 0 spiro atoms. The van der Waals surface area contributed by atoms with Crippen molar-refractivity contribution in [1.29, 1.82) is 0 Å². The standard InChI is InChI=1S/C6H6NS/c7-5-1-3-6(8)4-2-5/h1-4H,7H2. The normalized spacial score (nSPS) is 9.00.